The van der Waals surface area contributed by atoms with Crippen LogP contribution in [0, 0.1) is 0 Å². The van der Waals surface area contributed by atoms with Crippen molar-refractivity contribution >= 4 is 36.0 Å². The molecule has 0 saturated carbocycles. The fourth-order valence-corrected chi connectivity index (χ4v) is 3.09. The van der Waals surface area contributed by atoms with Crippen LogP contribution in [0.5, 0.6) is 5.75 Å². The van der Waals surface area contributed by atoms with Crippen molar-refractivity contribution in [1.29, 1.82) is 0 Å². The average molecular weight is 504 g/mol. The van der Waals surface area contributed by atoms with Gasteiger partial charge in [-0.1, -0.05) is 26.0 Å². The van der Waals surface area contributed by atoms with Crippen molar-refractivity contribution in [1.82, 2.24) is 10.2 Å². The highest BCUT2D eigenvalue weighted by Crippen LogP contribution is 2.25. The highest BCUT2D eigenvalue weighted by molar-refractivity contribution is 14.0. The molecule has 1 aromatic rings. The number of rotatable bonds is 6. The van der Waals surface area contributed by atoms with E-state index in [1.54, 1.807) is 12.0 Å². The van der Waals surface area contributed by atoms with E-state index in [0.717, 1.165) is 18.6 Å². The lowest BCUT2D eigenvalue weighted by Crippen LogP contribution is -2.48. The van der Waals surface area contributed by atoms with E-state index >= 15 is 0 Å². The highest BCUT2D eigenvalue weighted by Gasteiger charge is 2.24. The summed E-state index contributed by atoms with van der Waals surface area (Å²) < 4.78 is 10.3. The molecule has 0 spiro atoms. The van der Waals surface area contributed by atoms with Crippen LogP contribution >= 0.6 is 24.0 Å². The maximum absolute atomic E-state index is 11.7. The molecule has 1 aliphatic heterocycles. The zero-order valence-corrected chi connectivity index (χ0v) is 19.6. The standard InChI is InChI=1S/C20H32N4O3.HI/c1-5-27-19(25)24-12-10-16(11-13-24)23-18(21)22-14-20(2,3)15-6-8-17(26-4)9-7-15;/h6-9,16H,5,10-14H2,1-4H3,(H3,21,22,23);1H. The van der Waals surface area contributed by atoms with Gasteiger partial charge < -0.3 is 25.4 Å². The molecule has 0 radical (unpaired) electrons. The van der Waals surface area contributed by atoms with Gasteiger partial charge in [0.2, 0.25) is 0 Å². The number of aliphatic imine (C=N–C) groups is 1. The Morgan fingerprint density at radius 3 is 2.43 bits per heavy atom. The highest BCUT2D eigenvalue weighted by atomic mass is 127. The Hall–Kier alpha value is -1.71. The van der Waals surface area contributed by atoms with Crippen LogP contribution in [0.25, 0.3) is 0 Å². The SMILES string of the molecule is CCOC(=O)N1CCC(NC(N)=NCC(C)(C)c2ccc(OC)cc2)CC1.I. The normalized spacial score (nSPS) is 15.6. The minimum absolute atomic E-state index is 0. The second-order valence-corrected chi connectivity index (χ2v) is 7.42. The van der Waals surface area contributed by atoms with Gasteiger partial charge in [-0.2, -0.15) is 0 Å². The Morgan fingerprint density at radius 2 is 1.89 bits per heavy atom. The molecular weight excluding hydrogens is 471 g/mol. The number of nitrogens with two attached hydrogens (primary N) is 1. The number of hydrogen-bond donors (Lipinski definition) is 2. The molecule has 2 rings (SSSR count). The van der Waals surface area contributed by atoms with Crippen LogP contribution in [0.2, 0.25) is 0 Å². The monoisotopic (exact) mass is 504 g/mol. The summed E-state index contributed by atoms with van der Waals surface area (Å²) in [5.74, 6) is 1.29. The number of nitrogens with one attached hydrogen (secondary N) is 1. The number of ether oxygens (including phenoxy) is 2. The number of halogens is 1. The topological polar surface area (TPSA) is 89.2 Å². The first kappa shape index (κ1) is 24.3. The maximum atomic E-state index is 11.7. The number of methoxy groups -OCH3 is 1. The van der Waals surface area contributed by atoms with Gasteiger partial charge in [-0.25, -0.2) is 4.79 Å². The van der Waals surface area contributed by atoms with Crippen LogP contribution in [-0.4, -0.2) is 56.3 Å². The fraction of sp³-hybridized carbons (Fsp3) is 0.600. The molecule has 1 saturated heterocycles. The van der Waals surface area contributed by atoms with E-state index in [1.165, 1.54) is 5.56 Å². The molecule has 0 aliphatic carbocycles. The molecular formula is C20H33IN4O3. The lowest BCUT2D eigenvalue weighted by atomic mass is 9.85. The van der Waals surface area contributed by atoms with Gasteiger partial charge in [-0.3, -0.25) is 4.99 Å². The third-order valence-electron chi connectivity index (χ3n) is 4.89. The molecule has 8 heteroatoms. The van der Waals surface area contributed by atoms with Crippen LogP contribution in [0.4, 0.5) is 4.79 Å². The van der Waals surface area contributed by atoms with Gasteiger partial charge >= 0.3 is 6.09 Å². The molecule has 1 aromatic carbocycles. The molecule has 0 bridgehead atoms. The quantitative estimate of drug-likeness (QED) is 0.353. The molecule has 1 amide bonds. The second kappa shape index (κ2) is 11.3. The number of piperidine rings is 1. The van der Waals surface area contributed by atoms with Crippen LogP contribution in [0.3, 0.4) is 0 Å². The lowest BCUT2D eigenvalue weighted by Gasteiger charge is -2.32. The summed E-state index contributed by atoms with van der Waals surface area (Å²) in [6.07, 6.45) is 1.42. The first-order chi connectivity index (χ1) is 12.9. The zero-order valence-electron chi connectivity index (χ0n) is 17.2. The van der Waals surface area contributed by atoms with Gasteiger partial charge in [0.1, 0.15) is 5.75 Å². The van der Waals surface area contributed by atoms with E-state index in [9.17, 15) is 4.79 Å². The zero-order chi connectivity index (χ0) is 19.9. The molecule has 7 nitrogen and oxygen atoms in total. The second-order valence-electron chi connectivity index (χ2n) is 7.42. The first-order valence-electron chi connectivity index (χ1n) is 9.48. The van der Waals surface area contributed by atoms with E-state index in [4.69, 9.17) is 15.2 Å². The fourth-order valence-electron chi connectivity index (χ4n) is 3.09. The molecule has 158 valence electrons. The summed E-state index contributed by atoms with van der Waals surface area (Å²) in [6.45, 7) is 8.42. The number of benzene rings is 1. The van der Waals surface area contributed by atoms with Crippen molar-refractivity contribution < 1.29 is 14.3 Å². The lowest BCUT2D eigenvalue weighted by molar-refractivity contribution is 0.0963. The van der Waals surface area contributed by atoms with Gasteiger partial charge in [0.25, 0.3) is 0 Å². The Morgan fingerprint density at radius 1 is 1.29 bits per heavy atom. The number of hydrogen-bond acceptors (Lipinski definition) is 4. The van der Waals surface area contributed by atoms with Gasteiger partial charge in [-0.05, 0) is 37.5 Å². The minimum atomic E-state index is -0.237. The predicted octanol–water partition coefficient (Wildman–Crippen LogP) is 3.12. The maximum Gasteiger partial charge on any atom is 0.409 e. The Labute approximate surface area is 185 Å². The molecule has 0 unspecified atom stereocenters. The largest absolute Gasteiger partial charge is 0.497 e. The van der Waals surface area contributed by atoms with Crippen LogP contribution in [0.15, 0.2) is 29.3 Å². The average Bonchev–Trinajstić information content (AvgIpc) is 2.67. The van der Waals surface area contributed by atoms with Gasteiger partial charge in [0.05, 0.1) is 20.3 Å². The third-order valence-corrected chi connectivity index (χ3v) is 4.89. The van der Waals surface area contributed by atoms with Gasteiger partial charge in [0.15, 0.2) is 5.96 Å². The Kier molecular flexibility index (Phi) is 9.84. The van der Waals surface area contributed by atoms with E-state index in [2.05, 4.69) is 36.3 Å². The van der Waals surface area contributed by atoms with Crippen LogP contribution in [0.1, 0.15) is 39.2 Å². The van der Waals surface area contributed by atoms with Crippen LogP contribution < -0.4 is 15.8 Å². The third kappa shape index (κ3) is 7.03. The number of carbonyl (C=O) groups excluding carboxylic acids is 1. The van der Waals surface area contributed by atoms with Gasteiger partial charge in [-0.15, -0.1) is 24.0 Å². The summed E-state index contributed by atoms with van der Waals surface area (Å²) in [5, 5.41) is 3.28. The summed E-state index contributed by atoms with van der Waals surface area (Å²) in [4.78, 5) is 18.0. The van der Waals surface area contributed by atoms with Crippen molar-refractivity contribution in [2.45, 2.75) is 45.1 Å². The molecule has 0 aromatic heterocycles. The molecule has 3 N–H and O–H groups in total. The molecule has 1 aliphatic rings. The molecule has 0 atom stereocenters. The number of guanidine groups is 1. The number of amides is 1. The van der Waals surface area contributed by atoms with Crippen molar-refractivity contribution in [2.24, 2.45) is 10.7 Å². The molecule has 1 heterocycles. The van der Waals surface area contributed by atoms with E-state index in [0.29, 0.717) is 32.2 Å². The van der Waals surface area contributed by atoms with E-state index in [1.807, 2.05) is 19.1 Å². The first-order valence-corrected chi connectivity index (χ1v) is 9.48. The summed E-state index contributed by atoms with van der Waals surface area (Å²) in [6, 6.07) is 8.26. The van der Waals surface area contributed by atoms with E-state index < -0.39 is 0 Å². The molecule has 1 fully saturated rings. The van der Waals surface area contributed by atoms with E-state index in [-0.39, 0.29) is 41.5 Å². The van der Waals surface area contributed by atoms with Crippen molar-refractivity contribution in [2.75, 3.05) is 33.4 Å². The number of likely N-dealkylation sites (tertiary alicyclic amines) is 1. The summed E-state index contributed by atoms with van der Waals surface area (Å²) in [5.41, 5.74) is 7.14. The van der Waals surface area contributed by atoms with Crippen molar-refractivity contribution in [3.8, 4) is 5.75 Å². The minimum Gasteiger partial charge on any atom is -0.497 e. The number of carbonyl (C=O) groups is 1. The van der Waals surface area contributed by atoms with Crippen molar-refractivity contribution in [3.05, 3.63) is 29.8 Å². The van der Waals surface area contributed by atoms with Crippen LogP contribution in [-0.2, 0) is 10.2 Å². The Balaban J connectivity index is 0.00000392. The smallest absolute Gasteiger partial charge is 0.409 e. The van der Waals surface area contributed by atoms with Gasteiger partial charge in [0, 0.05) is 24.5 Å². The summed E-state index contributed by atoms with van der Waals surface area (Å²) >= 11 is 0. The number of nitrogens with zero attached hydrogens (tertiary/aromatic N) is 2. The summed E-state index contributed by atoms with van der Waals surface area (Å²) in [7, 11) is 1.66. The predicted molar refractivity (Wildman–Crippen MR) is 123 cm³/mol. The van der Waals surface area contributed by atoms with Crippen molar-refractivity contribution in [3.63, 3.8) is 0 Å². The Bertz CT molecular complexity index is 641. The molecule has 28 heavy (non-hydrogen) atoms.